The van der Waals surface area contributed by atoms with Crippen LogP contribution < -0.4 is 4.90 Å². The number of carbonyl (C=O) groups is 2. The van der Waals surface area contributed by atoms with Gasteiger partial charge in [0.1, 0.15) is 0 Å². The molecule has 0 bridgehead atoms. The van der Waals surface area contributed by atoms with Gasteiger partial charge in [0.25, 0.3) is 0 Å². The van der Waals surface area contributed by atoms with Crippen LogP contribution in [-0.2, 0) is 23.0 Å². The summed E-state index contributed by atoms with van der Waals surface area (Å²) < 4.78 is 6.66. The first-order chi connectivity index (χ1) is 12.1. The van der Waals surface area contributed by atoms with Crippen LogP contribution in [0.1, 0.15) is 40.2 Å². The molecular formula is C19H21N3O3. The van der Waals surface area contributed by atoms with Gasteiger partial charge in [-0.15, -0.1) is 0 Å². The van der Waals surface area contributed by atoms with E-state index in [1.165, 1.54) is 7.11 Å². The number of aromatic nitrogens is 2. The van der Waals surface area contributed by atoms with Crippen molar-refractivity contribution in [3.05, 3.63) is 47.3 Å². The molecule has 1 aliphatic carbocycles. The van der Waals surface area contributed by atoms with Gasteiger partial charge in [-0.3, -0.25) is 9.48 Å². The smallest absolute Gasteiger partial charge is 0.338 e. The molecule has 2 aliphatic rings. The van der Waals surface area contributed by atoms with Crippen LogP contribution in [-0.4, -0.2) is 35.3 Å². The molecule has 130 valence electrons. The van der Waals surface area contributed by atoms with Crippen LogP contribution in [0.4, 0.5) is 5.69 Å². The highest BCUT2D eigenvalue weighted by atomic mass is 16.5. The van der Waals surface area contributed by atoms with Gasteiger partial charge in [-0.2, -0.15) is 5.10 Å². The number of amides is 1. The second kappa shape index (κ2) is 6.02. The number of methoxy groups -OCH3 is 1. The Morgan fingerprint density at radius 3 is 2.88 bits per heavy atom. The highest BCUT2D eigenvalue weighted by Gasteiger charge is 2.47. The second-order valence-corrected chi connectivity index (χ2v) is 6.78. The van der Waals surface area contributed by atoms with Gasteiger partial charge in [0.05, 0.1) is 18.9 Å². The molecule has 1 aromatic carbocycles. The van der Waals surface area contributed by atoms with E-state index in [4.69, 9.17) is 4.74 Å². The van der Waals surface area contributed by atoms with Crippen LogP contribution in [0.15, 0.2) is 30.6 Å². The van der Waals surface area contributed by atoms with E-state index in [9.17, 15) is 9.59 Å². The average molecular weight is 339 g/mol. The third kappa shape index (κ3) is 2.71. The molecule has 0 N–H and O–H groups in total. The first-order valence-corrected chi connectivity index (χ1v) is 8.60. The highest BCUT2D eigenvalue weighted by Crippen LogP contribution is 2.49. The molecule has 1 saturated carbocycles. The zero-order valence-corrected chi connectivity index (χ0v) is 14.4. The Morgan fingerprint density at radius 1 is 1.32 bits per heavy atom. The standard InChI is InChI=1S/C19H21N3O3/c1-21-11-12(10-20-21)15-9-16(15)18(23)22-8-4-6-13-14(19(24)25-2)5-3-7-17(13)22/h3,5,7,10-11,15-16H,4,6,8-9H2,1-2H3/t15-,16-/m1/s1. The number of esters is 1. The molecule has 0 radical (unpaired) electrons. The van der Waals surface area contributed by atoms with E-state index in [0.29, 0.717) is 12.1 Å². The lowest BCUT2D eigenvalue weighted by atomic mass is 9.95. The van der Waals surface area contributed by atoms with Gasteiger partial charge in [0.15, 0.2) is 0 Å². The first-order valence-electron chi connectivity index (χ1n) is 8.60. The van der Waals surface area contributed by atoms with Crippen molar-refractivity contribution in [1.82, 2.24) is 9.78 Å². The Morgan fingerprint density at radius 2 is 2.16 bits per heavy atom. The van der Waals surface area contributed by atoms with Gasteiger partial charge in [-0.05, 0) is 48.4 Å². The van der Waals surface area contributed by atoms with E-state index in [2.05, 4.69) is 5.10 Å². The summed E-state index contributed by atoms with van der Waals surface area (Å²) in [6.07, 6.45) is 6.35. The van der Waals surface area contributed by atoms with Crippen LogP contribution in [0.2, 0.25) is 0 Å². The molecule has 2 aromatic rings. The van der Waals surface area contributed by atoms with Crippen molar-refractivity contribution in [2.75, 3.05) is 18.6 Å². The number of anilines is 1. The van der Waals surface area contributed by atoms with Crippen molar-refractivity contribution < 1.29 is 14.3 Å². The largest absolute Gasteiger partial charge is 0.465 e. The van der Waals surface area contributed by atoms with Crippen LogP contribution in [0.25, 0.3) is 0 Å². The van der Waals surface area contributed by atoms with E-state index in [1.54, 1.807) is 10.7 Å². The predicted octanol–water partition coefficient (Wildman–Crippen LogP) is 2.29. The molecule has 2 heterocycles. The van der Waals surface area contributed by atoms with Gasteiger partial charge >= 0.3 is 5.97 Å². The Kier molecular flexibility index (Phi) is 3.82. The minimum absolute atomic E-state index is 0.0110. The monoisotopic (exact) mass is 339 g/mol. The van der Waals surface area contributed by atoms with Crippen LogP contribution in [0, 0.1) is 5.92 Å². The summed E-state index contributed by atoms with van der Waals surface area (Å²) in [6.45, 7) is 0.701. The molecule has 1 aromatic heterocycles. The molecule has 1 fully saturated rings. The highest BCUT2D eigenvalue weighted by molar-refractivity contribution is 6.01. The molecule has 0 saturated heterocycles. The number of carbonyl (C=O) groups excluding carboxylic acids is 2. The molecule has 1 amide bonds. The normalized spacial score (nSPS) is 21.6. The molecule has 25 heavy (non-hydrogen) atoms. The third-order valence-electron chi connectivity index (χ3n) is 5.18. The topological polar surface area (TPSA) is 64.4 Å². The number of hydrogen-bond donors (Lipinski definition) is 0. The van der Waals surface area contributed by atoms with E-state index < -0.39 is 0 Å². The predicted molar refractivity (Wildman–Crippen MR) is 92.5 cm³/mol. The summed E-state index contributed by atoms with van der Waals surface area (Å²) in [7, 11) is 3.27. The summed E-state index contributed by atoms with van der Waals surface area (Å²) >= 11 is 0. The molecule has 4 rings (SSSR count). The number of ether oxygens (including phenoxy) is 1. The average Bonchev–Trinajstić information content (AvgIpc) is 3.33. The van der Waals surface area contributed by atoms with E-state index in [1.807, 2.05) is 36.5 Å². The number of hydrogen-bond acceptors (Lipinski definition) is 4. The second-order valence-electron chi connectivity index (χ2n) is 6.78. The molecular weight excluding hydrogens is 318 g/mol. The molecule has 0 unspecified atom stereocenters. The third-order valence-corrected chi connectivity index (χ3v) is 5.18. The maximum absolute atomic E-state index is 13.0. The van der Waals surface area contributed by atoms with Crippen molar-refractivity contribution in [2.24, 2.45) is 13.0 Å². The quantitative estimate of drug-likeness (QED) is 0.805. The maximum Gasteiger partial charge on any atom is 0.338 e. The Hall–Kier alpha value is -2.63. The molecule has 6 heteroatoms. The zero-order chi connectivity index (χ0) is 17.6. The van der Waals surface area contributed by atoms with Gasteiger partial charge in [-0.25, -0.2) is 4.79 Å². The lowest BCUT2D eigenvalue weighted by Gasteiger charge is -2.30. The SMILES string of the molecule is COC(=O)c1cccc2c1CCCN2C(=O)[C@@H]1C[C@@H]1c1cnn(C)c1. The molecule has 2 atom stereocenters. The summed E-state index contributed by atoms with van der Waals surface area (Å²) in [5.41, 5.74) is 3.47. The fourth-order valence-electron chi connectivity index (χ4n) is 3.82. The fourth-order valence-corrected chi connectivity index (χ4v) is 3.82. The summed E-state index contributed by atoms with van der Waals surface area (Å²) in [6, 6.07) is 5.52. The van der Waals surface area contributed by atoms with Crippen molar-refractivity contribution in [3.63, 3.8) is 0 Å². The van der Waals surface area contributed by atoms with Gasteiger partial charge < -0.3 is 9.64 Å². The minimum Gasteiger partial charge on any atom is -0.465 e. The Labute approximate surface area is 146 Å². The lowest BCUT2D eigenvalue weighted by molar-refractivity contribution is -0.120. The minimum atomic E-state index is -0.342. The number of aryl methyl sites for hydroxylation is 1. The number of benzene rings is 1. The number of nitrogens with zero attached hydrogens (tertiary/aromatic N) is 3. The zero-order valence-electron chi connectivity index (χ0n) is 14.4. The van der Waals surface area contributed by atoms with E-state index >= 15 is 0 Å². The molecule has 6 nitrogen and oxygen atoms in total. The van der Waals surface area contributed by atoms with Crippen LogP contribution >= 0.6 is 0 Å². The lowest BCUT2D eigenvalue weighted by Crippen LogP contribution is -2.37. The fraction of sp³-hybridized carbons (Fsp3) is 0.421. The van der Waals surface area contributed by atoms with Gasteiger partial charge in [0, 0.05) is 31.4 Å². The summed E-state index contributed by atoms with van der Waals surface area (Å²) in [4.78, 5) is 26.9. The summed E-state index contributed by atoms with van der Waals surface area (Å²) in [5, 5.41) is 4.20. The molecule has 0 spiro atoms. The number of fused-ring (bicyclic) bond motifs is 1. The van der Waals surface area contributed by atoms with Gasteiger partial charge in [-0.1, -0.05) is 6.07 Å². The number of rotatable bonds is 3. The van der Waals surface area contributed by atoms with Crippen molar-refractivity contribution >= 4 is 17.6 Å². The Bertz CT molecular complexity index is 842. The van der Waals surface area contributed by atoms with Crippen molar-refractivity contribution in [3.8, 4) is 0 Å². The van der Waals surface area contributed by atoms with Crippen LogP contribution in [0.3, 0.4) is 0 Å². The van der Waals surface area contributed by atoms with E-state index in [-0.39, 0.29) is 23.7 Å². The molecule has 1 aliphatic heterocycles. The van der Waals surface area contributed by atoms with Crippen LogP contribution in [0.5, 0.6) is 0 Å². The van der Waals surface area contributed by atoms with Gasteiger partial charge in [0.2, 0.25) is 5.91 Å². The Balaban J connectivity index is 1.59. The maximum atomic E-state index is 13.0. The van der Waals surface area contributed by atoms with Crippen molar-refractivity contribution in [2.45, 2.75) is 25.2 Å². The first kappa shape index (κ1) is 15.9. The van der Waals surface area contributed by atoms with Crippen molar-refractivity contribution in [1.29, 1.82) is 0 Å². The summed E-state index contributed by atoms with van der Waals surface area (Å²) in [5.74, 6) is 0.0786. The van der Waals surface area contributed by atoms with E-state index in [0.717, 1.165) is 36.1 Å².